The van der Waals surface area contributed by atoms with E-state index in [1.54, 1.807) is 0 Å². The monoisotopic (exact) mass is 322 g/mol. The Bertz CT molecular complexity index is 596. The van der Waals surface area contributed by atoms with Crippen LogP contribution in [0.15, 0.2) is 22.7 Å². The zero-order valence-corrected chi connectivity index (χ0v) is 13.3. The van der Waals surface area contributed by atoms with Crippen LogP contribution in [0.1, 0.15) is 32.2 Å². The number of hydrogen-bond donors (Lipinski definition) is 1. The van der Waals surface area contributed by atoms with Crippen LogP contribution >= 0.6 is 15.9 Å². The van der Waals surface area contributed by atoms with E-state index in [1.165, 1.54) is 5.56 Å². The summed E-state index contributed by atoms with van der Waals surface area (Å²) < 4.78 is 3.17. The van der Waals surface area contributed by atoms with Crippen molar-refractivity contribution in [2.24, 2.45) is 5.73 Å². The average molecular weight is 323 g/mol. The van der Waals surface area contributed by atoms with Crippen molar-refractivity contribution >= 4 is 15.9 Å². The third-order valence-electron chi connectivity index (χ3n) is 3.01. The Hall–Kier alpha value is -1.20. The maximum atomic E-state index is 5.76. The second-order valence-corrected chi connectivity index (χ2v) is 6.47. The maximum absolute atomic E-state index is 5.76. The zero-order chi connectivity index (χ0) is 14.2. The number of aromatic nitrogens is 3. The summed E-state index contributed by atoms with van der Waals surface area (Å²) in [5.41, 5.74) is 7.89. The van der Waals surface area contributed by atoms with Crippen LogP contribution in [0.25, 0.3) is 11.4 Å². The summed E-state index contributed by atoms with van der Waals surface area (Å²) in [4.78, 5) is 0. The van der Waals surface area contributed by atoms with Gasteiger partial charge >= 0.3 is 0 Å². The summed E-state index contributed by atoms with van der Waals surface area (Å²) in [6, 6.07) is 6.21. The molecule has 0 aliphatic rings. The molecule has 1 aromatic carbocycles. The third kappa shape index (κ3) is 2.72. The molecule has 19 heavy (non-hydrogen) atoms. The van der Waals surface area contributed by atoms with Crippen molar-refractivity contribution in [3.8, 4) is 11.4 Å². The summed E-state index contributed by atoms with van der Waals surface area (Å²) in [6.07, 6.45) is 0. The molecule has 0 atom stereocenters. The molecule has 2 rings (SSSR count). The molecule has 102 valence electrons. The van der Waals surface area contributed by atoms with Gasteiger partial charge in [0, 0.05) is 15.6 Å². The molecule has 2 N–H and O–H groups in total. The molecular weight excluding hydrogens is 304 g/mol. The van der Waals surface area contributed by atoms with Crippen molar-refractivity contribution < 1.29 is 0 Å². The first-order chi connectivity index (χ1) is 8.84. The molecule has 0 fully saturated rings. The molecule has 1 heterocycles. The Kier molecular flexibility index (Phi) is 3.78. The fourth-order valence-electron chi connectivity index (χ4n) is 2.07. The van der Waals surface area contributed by atoms with Crippen LogP contribution in [0.2, 0.25) is 0 Å². The average Bonchev–Trinajstić information content (AvgIpc) is 2.76. The molecule has 2 aromatic rings. The molecule has 0 aliphatic carbocycles. The van der Waals surface area contributed by atoms with Gasteiger partial charge in [-0.1, -0.05) is 28.1 Å². The van der Waals surface area contributed by atoms with Crippen molar-refractivity contribution in [2.75, 3.05) is 0 Å². The Morgan fingerprint density at radius 2 is 1.95 bits per heavy atom. The summed E-state index contributed by atoms with van der Waals surface area (Å²) in [6.45, 7) is 8.83. The highest BCUT2D eigenvalue weighted by Crippen LogP contribution is 2.28. The lowest BCUT2D eigenvalue weighted by Gasteiger charge is -2.24. The highest BCUT2D eigenvalue weighted by molar-refractivity contribution is 9.10. The summed E-state index contributed by atoms with van der Waals surface area (Å²) in [5, 5.41) is 8.51. The van der Waals surface area contributed by atoms with Gasteiger partial charge in [-0.2, -0.15) is 0 Å². The van der Waals surface area contributed by atoms with E-state index in [2.05, 4.69) is 76.6 Å². The van der Waals surface area contributed by atoms with Crippen LogP contribution in [0.4, 0.5) is 0 Å². The molecule has 0 amide bonds. The fourth-order valence-corrected chi connectivity index (χ4v) is 2.45. The number of benzene rings is 1. The number of nitrogens with zero attached hydrogens (tertiary/aromatic N) is 3. The van der Waals surface area contributed by atoms with Crippen LogP contribution in [0, 0.1) is 6.92 Å². The molecule has 0 unspecified atom stereocenters. The molecule has 4 nitrogen and oxygen atoms in total. The van der Waals surface area contributed by atoms with E-state index in [1.807, 2.05) is 0 Å². The Morgan fingerprint density at radius 3 is 2.47 bits per heavy atom. The largest absolute Gasteiger partial charge is 0.324 e. The molecule has 1 aromatic heterocycles. The van der Waals surface area contributed by atoms with Gasteiger partial charge in [-0.15, -0.1) is 10.2 Å². The Labute approximate surface area is 122 Å². The first kappa shape index (κ1) is 14.2. The number of rotatable bonds is 2. The lowest BCUT2D eigenvalue weighted by atomic mass is 10.1. The zero-order valence-electron chi connectivity index (χ0n) is 11.7. The van der Waals surface area contributed by atoms with E-state index in [9.17, 15) is 0 Å². The van der Waals surface area contributed by atoms with E-state index in [0.29, 0.717) is 6.54 Å². The van der Waals surface area contributed by atoms with Gasteiger partial charge in [-0.25, -0.2) is 0 Å². The third-order valence-corrected chi connectivity index (χ3v) is 3.87. The van der Waals surface area contributed by atoms with Gasteiger partial charge in [0.15, 0.2) is 5.82 Å². The normalized spacial score (nSPS) is 11.9. The Balaban J connectivity index is 2.62. The molecule has 0 aliphatic heterocycles. The molecule has 5 heteroatoms. The van der Waals surface area contributed by atoms with Crippen molar-refractivity contribution in [1.82, 2.24) is 14.8 Å². The second-order valence-electron chi connectivity index (χ2n) is 5.61. The first-order valence-electron chi connectivity index (χ1n) is 6.26. The lowest BCUT2D eigenvalue weighted by Crippen LogP contribution is -2.26. The molecule has 0 spiro atoms. The van der Waals surface area contributed by atoms with Gasteiger partial charge in [0.2, 0.25) is 0 Å². The van der Waals surface area contributed by atoms with Crippen molar-refractivity contribution in [3.63, 3.8) is 0 Å². The van der Waals surface area contributed by atoms with E-state index in [-0.39, 0.29) is 5.54 Å². The number of nitrogens with two attached hydrogens (primary N) is 1. The summed E-state index contributed by atoms with van der Waals surface area (Å²) in [5.74, 6) is 1.66. The SMILES string of the molecule is Cc1ccc(-c2nnc(CN)n2C(C)(C)C)cc1Br. The minimum absolute atomic E-state index is 0.106. The van der Waals surface area contributed by atoms with Crippen molar-refractivity contribution in [1.29, 1.82) is 0 Å². The first-order valence-corrected chi connectivity index (χ1v) is 7.05. The minimum atomic E-state index is -0.106. The van der Waals surface area contributed by atoms with Crippen LogP contribution in [0.3, 0.4) is 0 Å². The molecule has 0 saturated carbocycles. The van der Waals surface area contributed by atoms with E-state index in [4.69, 9.17) is 5.73 Å². The number of aryl methyl sites for hydroxylation is 1. The van der Waals surface area contributed by atoms with E-state index < -0.39 is 0 Å². The minimum Gasteiger partial charge on any atom is -0.324 e. The maximum Gasteiger partial charge on any atom is 0.164 e. The quantitative estimate of drug-likeness (QED) is 0.923. The summed E-state index contributed by atoms with van der Waals surface area (Å²) >= 11 is 3.56. The topological polar surface area (TPSA) is 56.7 Å². The van der Waals surface area contributed by atoms with Crippen LogP contribution < -0.4 is 5.73 Å². The van der Waals surface area contributed by atoms with Crippen LogP contribution in [-0.2, 0) is 12.1 Å². The van der Waals surface area contributed by atoms with E-state index in [0.717, 1.165) is 21.7 Å². The van der Waals surface area contributed by atoms with Gasteiger partial charge in [-0.3, -0.25) is 0 Å². The fraction of sp³-hybridized carbons (Fsp3) is 0.429. The van der Waals surface area contributed by atoms with Gasteiger partial charge in [0.05, 0.1) is 6.54 Å². The van der Waals surface area contributed by atoms with Crippen LogP contribution in [-0.4, -0.2) is 14.8 Å². The van der Waals surface area contributed by atoms with Crippen molar-refractivity contribution in [2.45, 2.75) is 39.8 Å². The lowest BCUT2D eigenvalue weighted by molar-refractivity contribution is 0.386. The van der Waals surface area contributed by atoms with Crippen molar-refractivity contribution in [3.05, 3.63) is 34.1 Å². The van der Waals surface area contributed by atoms with Gasteiger partial charge in [0.1, 0.15) is 5.82 Å². The number of halogens is 1. The summed E-state index contributed by atoms with van der Waals surface area (Å²) in [7, 11) is 0. The standard InChI is InChI=1S/C14H19BrN4/c1-9-5-6-10(7-11(9)15)13-18-17-12(8-16)19(13)14(2,3)4/h5-7H,8,16H2,1-4H3. The molecular formula is C14H19BrN4. The number of hydrogen-bond acceptors (Lipinski definition) is 3. The second kappa shape index (κ2) is 5.06. The van der Waals surface area contributed by atoms with E-state index >= 15 is 0 Å². The molecule has 0 bridgehead atoms. The highest BCUT2D eigenvalue weighted by Gasteiger charge is 2.23. The smallest absolute Gasteiger partial charge is 0.164 e. The van der Waals surface area contributed by atoms with Gasteiger partial charge in [-0.05, 0) is 39.3 Å². The highest BCUT2D eigenvalue weighted by atomic mass is 79.9. The predicted molar refractivity (Wildman–Crippen MR) is 80.8 cm³/mol. The molecule has 0 saturated heterocycles. The predicted octanol–water partition coefficient (Wildman–Crippen LogP) is 3.23. The van der Waals surface area contributed by atoms with Crippen LogP contribution in [0.5, 0.6) is 0 Å². The van der Waals surface area contributed by atoms with Gasteiger partial charge in [0.25, 0.3) is 0 Å². The Morgan fingerprint density at radius 1 is 1.26 bits per heavy atom. The molecule has 0 radical (unpaired) electrons. The van der Waals surface area contributed by atoms with Gasteiger partial charge < -0.3 is 10.3 Å².